The molecule has 20 heavy (non-hydrogen) atoms. The molecule has 1 atom stereocenters. The molecule has 3 heteroatoms. The number of ether oxygens (including phenoxy) is 1. The standard InChI is InChI=1S/C17H18FNO/c1-13(19)16-10-9-15(18)12-17(16)20-11-5-8-14-6-3-2-4-7-14/h2-10,12-13H,11,19H2,1H3/t13-/m0/s1. The van der Waals surface area contributed by atoms with E-state index < -0.39 is 0 Å². The van der Waals surface area contributed by atoms with Gasteiger partial charge in [0.05, 0.1) is 0 Å². The highest BCUT2D eigenvalue weighted by atomic mass is 19.1. The van der Waals surface area contributed by atoms with Crippen LogP contribution < -0.4 is 10.5 Å². The Bertz CT molecular complexity index is 579. The maximum Gasteiger partial charge on any atom is 0.127 e. The molecule has 2 aromatic rings. The van der Waals surface area contributed by atoms with Gasteiger partial charge in [0.1, 0.15) is 18.2 Å². The summed E-state index contributed by atoms with van der Waals surface area (Å²) in [6.45, 7) is 2.22. The molecule has 0 aliphatic rings. The second kappa shape index (κ2) is 6.87. The Morgan fingerprint density at radius 3 is 2.65 bits per heavy atom. The van der Waals surface area contributed by atoms with E-state index in [1.54, 1.807) is 6.07 Å². The number of hydrogen-bond donors (Lipinski definition) is 1. The van der Waals surface area contributed by atoms with Crippen LogP contribution in [0.3, 0.4) is 0 Å². The van der Waals surface area contributed by atoms with Crippen LogP contribution in [0.2, 0.25) is 0 Å². The molecule has 104 valence electrons. The molecule has 0 amide bonds. The minimum atomic E-state index is -0.323. The molecule has 2 aromatic carbocycles. The Morgan fingerprint density at radius 1 is 1.20 bits per heavy atom. The van der Waals surface area contributed by atoms with E-state index in [2.05, 4.69) is 0 Å². The van der Waals surface area contributed by atoms with Gasteiger partial charge in [-0.2, -0.15) is 0 Å². The third-order valence-electron chi connectivity index (χ3n) is 2.91. The second-order valence-corrected chi connectivity index (χ2v) is 4.59. The molecule has 0 fully saturated rings. The molecule has 0 heterocycles. The van der Waals surface area contributed by atoms with E-state index in [1.807, 2.05) is 49.4 Å². The maximum absolute atomic E-state index is 13.2. The summed E-state index contributed by atoms with van der Waals surface area (Å²) in [6.07, 6.45) is 3.86. The molecule has 0 spiro atoms. The Hall–Kier alpha value is -2.13. The van der Waals surface area contributed by atoms with Crippen molar-refractivity contribution in [2.45, 2.75) is 13.0 Å². The minimum Gasteiger partial charge on any atom is -0.489 e. The third-order valence-corrected chi connectivity index (χ3v) is 2.91. The van der Waals surface area contributed by atoms with Gasteiger partial charge in [-0.15, -0.1) is 0 Å². The van der Waals surface area contributed by atoms with Crippen LogP contribution in [0.1, 0.15) is 24.1 Å². The van der Waals surface area contributed by atoms with Crippen LogP contribution in [0.5, 0.6) is 5.75 Å². The zero-order valence-corrected chi connectivity index (χ0v) is 11.4. The molecule has 0 aliphatic heterocycles. The van der Waals surface area contributed by atoms with E-state index >= 15 is 0 Å². The molecule has 0 unspecified atom stereocenters. The quantitative estimate of drug-likeness (QED) is 0.894. The van der Waals surface area contributed by atoms with E-state index in [-0.39, 0.29) is 11.9 Å². The van der Waals surface area contributed by atoms with Crippen molar-refractivity contribution in [3.05, 3.63) is 71.6 Å². The molecular weight excluding hydrogens is 253 g/mol. The molecule has 0 saturated carbocycles. The Balaban J connectivity index is 2.00. The normalized spacial score (nSPS) is 12.6. The van der Waals surface area contributed by atoms with E-state index in [1.165, 1.54) is 12.1 Å². The summed E-state index contributed by atoms with van der Waals surface area (Å²) in [5.41, 5.74) is 7.74. The number of halogens is 1. The molecule has 0 radical (unpaired) electrons. The van der Waals surface area contributed by atoms with Crippen molar-refractivity contribution in [1.82, 2.24) is 0 Å². The fourth-order valence-corrected chi connectivity index (χ4v) is 1.90. The van der Waals surface area contributed by atoms with Gasteiger partial charge >= 0.3 is 0 Å². The van der Waals surface area contributed by atoms with Gasteiger partial charge in [0.15, 0.2) is 0 Å². The molecule has 2 N–H and O–H groups in total. The largest absolute Gasteiger partial charge is 0.489 e. The third kappa shape index (κ3) is 3.93. The van der Waals surface area contributed by atoms with E-state index in [4.69, 9.17) is 10.5 Å². The highest BCUT2D eigenvalue weighted by Crippen LogP contribution is 2.24. The van der Waals surface area contributed by atoms with Crippen molar-refractivity contribution in [2.75, 3.05) is 6.61 Å². The Kier molecular flexibility index (Phi) is 4.91. The monoisotopic (exact) mass is 271 g/mol. The summed E-state index contributed by atoms with van der Waals surface area (Å²) in [5, 5.41) is 0. The first kappa shape index (κ1) is 14.3. The van der Waals surface area contributed by atoms with Crippen LogP contribution in [0.4, 0.5) is 4.39 Å². The molecule has 0 saturated heterocycles. The summed E-state index contributed by atoms with van der Waals surface area (Å²) >= 11 is 0. The number of hydrogen-bond acceptors (Lipinski definition) is 2. The molecular formula is C17H18FNO. The lowest BCUT2D eigenvalue weighted by molar-refractivity contribution is 0.355. The predicted molar refractivity (Wildman–Crippen MR) is 80.0 cm³/mol. The summed E-state index contributed by atoms with van der Waals surface area (Å²) in [5.74, 6) is 0.175. The maximum atomic E-state index is 13.2. The second-order valence-electron chi connectivity index (χ2n) is 4.59. The number of benzene rings is 2. The SMILES string of the molecule is C[C@H](N)c1ccc(F)cc1OCC=Cc1ccccc1. The van der Waals surface area contributed by atoms with E-state index in [0.29, 0.717) is 12.4 Å². The van der Waals surface area contributed by atoms with Gasteiger partial charge in [-0.3, -0.25) is 0 Å². The van der Waals surface area contributed by atoms with Crippen molar-refractivity contribution in [3.63, 3.8) is 0 Å². The summed E-state index contributed by atoms with van der Waals surface area (Å²) < 4.78 is 18.8. The smallest absolute Gasteiger partial charge is 0.127 e. The van der Waals surface area contributed by atoms with Crippen LogP contribution in [0, 0.1) is 5.82 Å². The van der Waals surface area contributed by atoms with Crippen molar-refractivity contribution < 1.29 is 9.13 Å². The fourth-order valence-electron chi connectivity index (χ4n) is 1.90. The predicted octanol–water partition coefficient (Wildman–Crippen LogP) is 3.94. The Labute approximate surface area is 118 Å². The highest BCUT2D eigenvalue weighted by molar-refractivity contribution is 5.48. The van der Waals surface area contributed by atoms with Crippen molar-refractivity contribution >= 4 is 6.08 Å². The summed E-state index contributed by atoms with van der Waals surface area (Å²) in [7, 11) is 0. The lowest BCUT2D eigenvalue weighted by Gasteiger charge is -2.12. The first-order valence-electron chi connectivity index (χ1n) is 6.56. The first-order valence-corrected chi connectivity index (χ1v) is 6.56. The van der Waals surface area contributed by atoms with Gasteiger partial charge in [-0.25, -0.2) is 4.39 Å². The minimum absolute atomic E-state index is 0.191. The average molecular weight is 271 g/mol. The number of rotatable bonds is 5. The van der Waals surface area contributed by atoms with Crippen molar-refractivity contribution in [2.24, 2.45) is 5.73 Å². The van der Waals surface area contributed by atoms with Crippen LogP contribution >= 0.6 is 0 Å². The molecule has 2 rings (SSSR count). The van der Waals surface area contributed by atoms with Crippen LogP contribution in [-0.4, -0.2) is 6.61 Å². The molecule has 0 bridgehead atoms. The van der Waals surface area contributed by atoms with Crippen LogP contribution in [-0.2, 0) is 0 Å². The van der Waals surface area contributed by atoms with Crippen molar-refractivity contribution in [1.29, 1.82) is 0 Å². The van der Waals surface area contributed by atoms with Gasteiger partial charge in [-0.1, -0.05) is 42.5 Å². The van der Waals surface area contributed by atoms with Gasteiger partial charge in [0.2, 0.25) is 0 Å². The Morgan fingerprint density at radius 2 is 1.95 bits per heavy atom. The molecule has 0 aromatic heterocycles. The van der Waals surface area contributed by atoms with Crippen molar-refractivity contribution in [3.8, 4) is 5.75 Å². The zero-order chi connectivity index (χ0) is 14.4. The molecule has 2 nitrogen and oxygen atoms in total. The fraction of sp³-hybridized carbons (Fsp3) is 0.176. The van der Waals surface area contributed by atoms with E-state index in [0.717, 1.165) is 11.1 Å². The van der Waals surface area contributed by atoms with Gasteiger partial charge in [0.25, 0.3) is 0 Å². The molecule has 0 aliphatic carbocycles. The van der Waals surface area contributed by atoms with Gasteiger partial charge in [-0.05, 0) is 24.6 Å². The lowest BCUT2D eigenvalue weighted by Crippen LogP contribution is -2.08. The highest BCUT2D eigenvalue weighted by Gasteiger charge is 2.08. The lowest BCUT2D eigenvalue weighted by atomic mass is 10.1. The van der Waals surface area contributed by atoms with Crippen LogP contribution in [0.25, 0.3) is 6.08 Å². The summed E-state index contributed by atoms with van der Waals surface area (Å²) in [6, 6.07) is 14.2. The van der Waals surface area contributed by atoms with Crippen LogP contribution in [0.15, 0.2) is 54.6 Å². The first-order chi connectivity index (χ1) is 9.66. The number of nitrogens with two attached hydrogens (primary N) is 1. The zero-order valence-electron chi connectivity index (χ0n) is 11.4. The van der Waals surface area contributed by atoms with Gasteiger partial charge < -0.3 is 10.5 Å². The van der Waals surface area contributed by atoms with Gasteiger partial charge in [0, 0.05) is 17.7 Å². The average Bonchev–Trinajstić information content (AvgIpc) is 2.44. The summed E-state index contributed by atoms with van der Waals surface area (Å²) in [4.78, 5) is 0. The topological polar surface area (TPSA) is 35.2 Å². The van der Waals surface area contributed by atoms with E-state index in [9.17, 15) is 4.39 Å².